The van der Waals surface area contributed by atoms with E-state index in [-0.39, 0.29) is 5.92 Å². The normalized spacial score (nSPS) is 20.5. The summed E-state index contributed by atoms with van der Waals surface area (Å²) in [6.45, 7) is 8.72. The maximum absolute atomic E-state index is 12.9. The highest BCUT2D eigenvalue weighted by atomic mass is 16.2. The van der Waals surface area contributed by atoms with Crippen molar-refractivity contribution >= 4 is 11.6 Å². The molecule has 25 heavy (non-hydrogen) atoms. The third-order valence-corrected chi connectivity index (χ3v) is 5.81. The maximum Gasteiger partial charge on any atom is 0.226 e. The minimum atomic E-state index is 0.0992. The number of imidazole rings is 1. The number of aryl methyl sites for hydroxylation is 2. The summed E-state index contributed by atoms with van der Waals surface area (Å²) in [7, 11) is 0. The number of anilines is 1. The number of hydrogen-bond donors (Lipinski definition) is 0. The van der Waals surface area contributed by atoms with Gasteiger partial charge in [0.05, 0.1) is 0 Å². The van der Waals surface area contributed by atoms with Gasteiger partial charge >= 0.3 is 0 Å². The summed E-state index contributed by atoms with van der Waals surface area (Å²) < 4.78 is 2.17. The predicted molar refractivity (Wildman–Crippen MR) is 98.7 cm³/mol. The van der Waals surface area contributed by atoms with Gasteiger partial charge in [0.1, 0.15) is 5.82 Å². The minimum Gasteiger partial charge on any atom is -0.368 e. The van der Waals surface area contributed by atoms with E-state index in [2.05, 4.69) is 51.4 Å². The van der Waals surface area contributed by atoms with Crippen LogP contribution < -0.4 is 4.90 Å². The van der Waals surface area contributed by atoms with Crippen LogP contribution in [0.3, 0.4) is 0 Å². The molecule has 1 fully saturated rings. The zero-order valence-electron chi connectivity index (χ0n) is 15.1. The van der Waals surface area contributed by atoms with Gasteiger partial charge in [-0.1, -0.05) is 12.1 Å². The lowest BCUT2D eigenvalue weighted by molar-refractivity contribution is -0.136. The lowest BCUT2D eigenvalue weighted by atomic mass is 9.96. The molecule has 5 nitrogen and oxygen atoms in total. The van der Waals surface area contributed by atoms with Crippen molar-refractivity contribution in [1.29, 1.82) is 0 Å². The van der Waals surface area contributed by atoms with Crippen molar-refractivity contribution in [2.45, 2.75) is 33.2 Å². The number of carbonyl (C=O) groups excluding carboxylic acids is 1. The minimum absolute atomic E-state index is 0.0992. The van der Waals surface area contributed by atoms with Crippen molar-refractivity contribution in [3.8, 4) is 0 Å². The van der Waals surface area contributed by atoms with Gasteiger partial charge in [-0.3, -0.25) is 4.79 Å². The van der Waals surface area contributed by atoms with Crippen LogP contribution in [0.15, 0.2) is 30.6 Å². The van der Waals surface area contributed by atoms with Crippen LogP contribution >= 0.6 is 0 Å². The third kappa shape index (κ3) is 3.03. The molecule has 1 atom stereocenters. The molecule has 1 amide bonds. The van der Waals surface area contributed by atoms with E-state index in [0.717, 1.165) is 51.4 Å². The summed E-state index contributed by atoms with van der Waals surface area (Å²) in [6, 6.07) is 6.48. The zero-order valence-corrected chi connectivity index (χ0v) is 15.1. The van der Waals surface area contributed by atoms with E-state index >= 15 is 0 Å². The Morgan fingerprint density at radius 3 is 2.72 bits per heavy atom. The smallest absolute Gasteiger partial charge is 0.226 e. The molecule has 3 heterocycles. The van der Waals surface area contributed by atoms with Crippen LogP contribution in [0.4, 0.5) is 5.69 Å². The summed E-state index contributed by atoms with van der Waals surface area (Å²) in [4.78, 5) is 21.8. The Labute approximate surface area is 149 Å². The van der Waals surface area contributed by atoms with Gasteiger partial charge in [-0.25, -0.2) is 4.98 Å². The van der Waals surface area contributed by atoms with Crippen molar-refractivity contribution in [2.24, 2.45) is 5.92 Å². The number of piperazine rings is 1. The van der Waals surface area contributed by atoms with E-state index in [4.69, 9.17) is 0 Å². The number of amides is 1. The predicted octanol–water partition coefficient (Wildman–Crippen LogP) is 2.41. The molecule has 132 valence electrons. The molecule has 5 heteroatoms. The number of hydrogen-bond acceptors (Lipinski definition) is 3. The van der Waals surface area contributed by atoms with Crippen molar-refractivity contribution in [1.82, 2.24) is 14.5 Å². The Bertz CT molecular complexity index is 774. The van der Waals surface area contributed by atoms with Crippen LogP contribution in [-0.2, 0) is 17.8 Å². The first-order valence-electron chi connectivity index (χ1n) is 9.23. The Balaban J connectivity index is 1.39. The molecule has 1 aromatic carbocycles. The van der Waals surface area contributed by atoms with Crippen LogP contribution in [0.2, 0.25) is 0 Å². The first kappa shape index (κ1) is 16.2. The van der Waals surface area contributed by atoms with E-state index in [1.807, 2.05) is 12.4 Å². The lowest BCUT2D eigenvalue weighted by Crippen LogP contribution is -2.51. The molecule has 1 aromatic heterocycles. The molecule has 2 aromatic rings. The van der Waals surface area contributed by atoms with E-state index in [1.54, 1.807) is 0 Å². The number of rotatable bonds is 2. The third-order valence-electron chi connectivity index (χ3n) is 5.81. The summed E-state index contributed by atoms with van der Waals surface area (Å²) in [5, 5.41) is 0. The summed E-state index contributed by atoms with van der Waals surface area (Å²) in [5.41, 5.74) is 3.99. The number of nitrogens with zero attached hydrogens (tertiary/aromatic N) is 4. The van der Waals surface area contributed by atoms with Gasteiger partial charge in [0.2, 0.25) is 5.91 Å². The highest BCUT2D eigenvalue weighted by molar-refractivity contribution is 5.79. The second-order valence-electron chi connectivity index (χ2n) is 7.26. The largest absolute Gasteiger partial charge is 0.368 e. The molecular weight excluding hydrogens is 312 g/mol. The van der Waals surface area contributed by atoms with Crippen LogP contribution in [0, 0.1) is 19.8 Å². The van der Waals surface area contributed by atoms with Crippen LogP contribution in [0.25, 0.3) is 0 Å². The molecule has 0 spiro atoms. The fourth-order valence-electron chi connectivity index (χ4n) is 4.07. The number of carbonyl (C=O) groups is 1. The molecule has 1 unspecified atom stereocenters. The van der Waals surface area contributed by atoms with Crippen molar-refractivity contribution < 1.29 is 4.79 Å². The van der Waals surface area contributed by atoms with E-state index < -0.39 is 0 Å². The summed E-state index contributed by atoms with van der Waals surface area (Å²) in [5.74, 6) is 1.47. The topological polar surface area (TPSA) is 41.4 Å². The van der Waals surface area contributed by atoms with Gasteiger partial charge in [-0.15, -0.1) is 0 Å². The van der Waals surface area contributed by atoms with Gasteiger partial charge < -0.3 is 14.4 Å². The Kier molecular flexibility index (Phi) is 4.24. The fraction of sp³-hybridized carbons (Fsp3) is 0.500. The van der Waals surface area contributed by atoms with E-state index in [9.17, 15) is 4.79 Å². The average molecular weight is 338 g/mol. The average Bonchev–Trinajstić information content (AvgIpc) is 3.11. The quantitative estimate of drug-likeness (QED) is 0.844. The number of aromatic nitrogens is 2. The number of fused-ring (bicyclic) bond motifs is 1. The highest BCUT2D eigenvalue weighted by Gasteiger charge is 2.31. The maximum atomic E-state index is 12.9. The molecule has 2 aliphatic heterocycles. The van der Waals surface area contributed by atoms with Crippen LogP contribution in [0.5, 0.6) is 0 Å². The van der Waals surface area contributed by atoms with Crippen molar-refractivity contribution in [3.05, 3.63) is 47.5 Å². The first-order valence-corrected chi connectivity index (χ1v) is 9.23. The molecule has 1 saturated heterocycles. The molecule has 2 aliphatic rings. The molecule has 0 saturated carbocycles. The van der Waals surface area contributed by atoms with Gasteiger partial charge in [0.15, 0.2) is 0 Å². The van der Waals surface area contributed by atoms with Crippen molar-refractivity contribution in [2.75, 3.05) is 31.1 Å². The van der Waals surface area contributed by atoms with Gasteiger partial charge in [0.25, 0.3) is 0 Å². The standard InChI is InChI=1S/C20H26N4O/c1-15-4-3-5-18(16(15)2)22-10-12-24(13-11-22)20(25)17-6-8-23-9-7-21-19(23)14-17/h3-5,7,9,17H,6,8,10-14H2,1-2H3. The molecule has 0 aliphatic carbocycles. The van der Waals surface area contributed by atoms with Crippen LogP contribution in [0.1, 0.15) is 23.4 Å². The van der Waals surface area contributed by atoms with Crippen molar-refractivity contribution in [3.63, 3.8) is 0 Å². The molecule has 0 N–H and O–H groups in total. The van der Waals surface area contributed by atoms with E-state index in [1.165, 1.54) is 16.8 Å². The Morgan fingerprint density at radius 2 is 1.92 bits per heavy atom. The van der Waals surface area contributed by atoms with Gasteiger partial charge in [-0.2, -0.15) is 0 Å². The summed E-state index contributed by atoms with van der Waals surface area (Å²) in [6.07, 6.45) is 5.56. The molecular formula is C20H26N4O. The molecule has 4 rings (SSSR count). The van der Waals surface area contributed by atoms with E-state index in [0.29, 0.717) is 5.91 Å². The monoisotopic (exact) mass is 338 g/mol. The zero-order chi connectivity index (χ0) is 17.4. The van der Waals surface area contributed by atoms with Crippen LogP contribution in [-0.4, -0.2) is 46.5 Å². The van der Waals surface area contributed by atoms with Gasteiger partial charge in [0, 0.05) is 63.1 Å². The SMILES string of the molecule is Cc1cccc(N2CCN(C(=O)C3CCn4ccnc4C3)CC2)c1C. The molecule has 0 radical (unpaired) electrons. The first-order chi connectivity index (χ1) is 12.1. The lowest BCUT2D eigenvalue weighted by Gasteiger charge is -2.39. The summed E-state index contributed by atoms with van der Waals surface area (Å²) >= 11 is 0. The fourth-order valence-corrected chi connectivity index (χ4v) is 4.07. The number of benzene rings is 1. The second-order valence-corrected chi connectivity index (χ2v) is 7.26. The second kappa shape index (κ2) is 6.54. The highest BCUT2D eigenvalue weighted by Crippen LogP contribution is 2.25. The van der Waals surface area contributed by atoms with Gasteiger partial charge in [-0.05, 0) is 37.5 Å². The molecule has 0 bridgehead atoms. The Morgan fingerprint density at radius 1 is 1.12 bits per heavy atom. The Hall–Kier alpha value is -2.30.